The van der Waals surface area contributed by atoms with Crippen molar-refractivity contribution in [2.45, 2.75) is 31.7 Å². The molecule has 1 aliphatic carbocycles. The van der Waals surface area contributed by atoms with E-state index in [-0.39, 0.29) is 17.9 Å². The van der Waals surface area contributed by atoms with E-state index in [0.29, 0.717) is 23.9 Å². The zero-order chi connectivity index (χ0) is 17.1. The summed E-state index contributed by atoms with van der Waals surface area (Å²) in [6.45, 7) is 0. The predicted octanol–water partition coefficient (Wildman–Crippen LogP) is 3.53. The molecule has 1 aromatic carbocycles. The molecule has 0 spiro atoms. The summed E-state index contributed by atoms with van der Waals surface area (Å²) in [5.41, 5.74) is 1.10. The van der Waals surface area contributed by atoms with E-state index in [1.165, 1.54) is 0 Å². The summed E-state index contributed by atoms with van der Waals surface area (Å²) in [5.74, 6) is 1.48. The second-order valence-electron chi connectivity index (χ2n) is 6.31. The van der Waals surface area contributed by atoms with Crippen molar-refractivity contribution in [3.05, 3.63) is 60.2 Å². The number of nitrogens with one attached hydrogen (secondary N) is 1. The number of furan rings is 1. The lowest BCUT2D eigenvalue weighted by molar-refractivity contribution is -0.128. The summed E-state index contributed by atoms with van der Waals surface area (Å²) >= 11 is 0. The molecule has 6 heteroatoms. The van der Waals surface area contributed by atoms with Gasteiger partial charge in [0.05, 0.1) is 6.26 Å². The molecular weight excluding hydrogens is 318 g/mol. The van der Waals surface area contributed by atoms with E-state index in [2.05, 4.69) is 15.5 Å². The summed E-state index contributed by atoms with van der Waals surface area (Å²) in [6.07, 6.45) is 5.17. The number of hydrogen-bond donors (Lipinski definition) is 1. The molecule has 6 nitrogen and oxygen atoms in total. The second-order valence-corrected chi connectivity index (χ2v) is 6.31. The average molecular weight is 337 g/mol. The van der Waals surface area contributed by atoms with Gasteiger partial charge in [-0.05, 0) is 30.5 Å². The van der Waals surface area contributed by atoms with Crippen LogP contribution in [0.3, 0.4) is 0 Å². The normalized spacial score (nSPS) is 15.5. The van der Waals surface area contributed by atoms with Crippen LogP contribution in [0.15, 0.2) is 57.7 Å². The van der Waals surface area contributed by atoms with E-state index in [1.54, 1.807) is 18.4 Å². The van der Waals surface area contributed by atoms with Crippen LogP contribution in [-0.2, 0) is 11.2 Å². The maximum absolute atomic E-state index is 12.4. The summed E-state index contributed by atoms with van der Waals surface area (Å²) in [4.78, 5) is 16.8. The third kappa shape index (κ3) is 3.47. The van der Waals surface area contributed by atoms with Crippen LogP contribution >= 0.6 is 0 Å². The maximum atomic E-state index is 12.4. The molecule has 128 valence electrons. The first-order chi connectivity index (χ1) is 12.3. The lowest BCUT2D eigenvalue weighted by Gasteiger charge is -2.26. The molecular formula is C19H19N3O3. The minimum Gasteiger partial charge on any atom is -0.461 e. The first kappa shape index (κ1) is 15.6. The standard InChI is InChI=1S/C19H19N3O3/c23-18(14-8-4-9-14)20-15(12-13-6-2-1-3-7-13)19-21-17(22-25-19)16-10-5-11-24-16/h1-3,5-7,10-11,14-15H,4,8-9,12H2,(H,20,23). The lowest BCUT2D eigenvalue weighted by Crippen LogP contribution is -2.37. The number of carbonyl (C=O) groups excluding carboxylic acids is 1. The zero-order valence-electron chi connectivity index (χ0n) is 13.7. The molecule has 0 radical (unpaired) electrons. The number of benzene rings is 1. The zero-order valence-corrected chi connectivity index (χ0v) is 13.7. The van der Waals surface area contributed by atoms with E-state index in [4.69, 9.17) is 8.94 Å². The molecule has 1 amide bonds. The Balaban J connectivity index is 1.56. The number of aromatic nitrogens is 2. The van der Waals surface area contributed by atoms with Crippen LogP contribution in [0, 0.1) is 5.92 Å². The highest BCUT2D eigenvalue weighted by molar-refractivity contribution is 5.79. The molecule has 2 heterocycles. The molecule has 3 aromatic rings. The molecule has 0 saturated heterocycles. The van der Waals surface area contributed by atoms with E-state index in [9.17, 15) is 4.79 Å². The summed E-state index contributed by atoms with van der Waals surface area (Å²) in [7, 11) is 0. The van der Waals surface area contributed by atoms with Gasteiger partial charge in [-0.3, -0.25) is 4.79 Å². The van der Waals surface area contributed by atoms with Gasteiger partial charge in [-0.1, -0.05) is 41.9 Å². The van der Waals surface area contributed by atoms with E-state index >= 15 is 0 Å². The van der Waals surface area contributed by atoms with Crippen molar-refractivity contribution in [1.29, 1.82) is 0 Å². The Morgan fingerprint density at radius 3 is 2.72 bits per heavy atom. The SMILES string of the molecule is O=C(NC(Cc1ccccc1)c1nc(-c2ccco2)no1)C1CCC1. The monoisotopic (exact) mass is 337 g/mol. The number of carbonyl (C=O) groups is 1. The quantitative estimate of drug-likeness (QED) is 0.744. The van der Waals surface area contributed by atoms with Crippen molar-refractivity contribution in [3.8, 4) is 11.6 Å². The highest BCUT2D eigenvalue weighted by Crippen LogP contribution is 2.28. The van der Waals surface area contributed by atoms with Crippen LogP contribution in [-0.4, -0.2) is 16.0 Å². The smallest absolute Gasteiger partial charge is 0.249 e. The van der Waals surface area contributed by atoms with Gasteiger partial charge in [0.1, 0.15) is 6.04 Å². The summed E-state index contributed by atoms with van der Waals surface area (Å²) in [5, 5.41) is 7.05. The first-order valence-electron chi connectivity index (χ1n) is 8.51. The van der Waals surface area contributed by atoms with Crippen LogP contribution in [0.1, 0.15) is 36.8 Å². The molecule has 1 N–H and O–H groups in total. The van der Waals surface area contributed by atoms with Gasteiger partial charge in [0.15, 0.2) is 5.76 Å². The third-order valence-electron chi connectivity index (χ3n) is 4.56. The highest BCUT2D eigenvalue weighted by Gasteiger charge is 2.29. The molecule has 1 atom stereocenters. The second kappa shape index (κ2) is 6.93. The topological polar surface area (TPSA) is 81.2 Å². The van der Waals surface area contributed by atoms with Crippen molar-refractivity contribution in [3.63, 3.8) is 0 Å². The number of hydrogen-bond acceptors (Lipinski definition) is 5. The van der Waals surface area contributed by atoms with Gasteiger partial charge >= 0.3 is 0 Å². The predicted molar refractivity (Wildman–Crippen MR) is 90.4 cm³/mol. The van der Waals surface area contributed by atoms with Gasteiger partial charge < -0.3 is 14.3 Å². The molecule has 0 bridgehead atoms. The summed E-state index contributed by atoms with van der Waals surface area (Å²) in [6, 6.07) is 13.1. The van der Waals surface area contributed by atoms with Crippen molar-refractivity contribution >= 4 is 5.91 Å². The molecule has 1 fully saturated rings. The lowest BCUT2D eigenvalue weighted by atomic mass is 9.84. The Hall–Kier alpha value is -2.89. The van der Waals surface area contributed by atoms with E-state index < -0.39 is 0 Å². The molecule has 1 unspecified atom stereocenters. The van der Waals surface area contributed by atoms with Gasteiger partial charge in [-0.25, -0.2) is 0 Å². The van der Waals surface area contributed by atoms with Crippen molar-refractivity contribution in [2.75, 3.05) is 0 Å². The fraction of sp³-hybridized carbons (Fsp3) is 0.316. The average Bonchev–Trinajstić information content (AvgIpc) is 3.25. The Morgan fingerprint density at radius 1 is 1.20 bits per heavy atom. The minimum absolute atomic E-state index is 0.0601. The third-order valence-corrected chi connectivity index (χ3v) is 4.56. The number of rotatable bonds is 6. The Labute approximate surface area is 145 Å². The molecule has 25 heavy (non-hydrogen) atoms. The van der Waals surface area contributed by atoms with Crippen molar-refractivity contribution in [2.24, 2.45) is 5.92 Å². The molecule has 4 rings (SSSR count). The molecule has 1 aliphatic rings. The van der Waals surface area contributed by atoms with Crippen LogP contribution in [0.25, 0.3) is 11.6 Å². The Kier molecular flexibility index (Phi) is 4.33. The van der Waals surface area contributed by atoms with Crippen molar-refractivity contribution < 1.29 is 13.7 Å². The largest absolute Gasteiger partial charge is 0.461 e. The Bertz CT molecular complexity index is 823. The van der Waals surface area contributed by atoms with Gasteiger partial charge in [0, 0.05) is 12.3 Å². The highest BCUT2D eigenvalue weighted by atomic mass is 16.5. The van der Waals surface area contributed by atoms with Gasteiger partial charge in [0.25, 0.3) is 0 Å². The maximum Gasteiger partial charge on any atom is 0.249 e. The van der Waals surface area contributed by atoms with E-state index in [0.717, 1.165) is 24.8 Å². The van der Waals surface area contributed by atoms with Crippen LogP contribution < -0.4 is 5.32 Å². The van der Waals surface area contributed by atoms with Gasteiger partial charge in [-0.2, -0.15) is 4.98 Å². The molecule has 0 aliphatic heterocycles. The van der Waals surface area contributed by atoms with Crippen LogP contribution in [0.5, 0.6) is 0 Å². The van der Waals surface area contributed by atoms with Gasteiger partial charge in [-0.15, -0.1) is 0 Å². The van der Waals surface area contributed by atoms with E-state index in [1.807, 2.05) is 30.3 Å². The van der Waals surface area contributed by atoms with Crippen LogP contribution in [0.2, 0.25) is 0 Å². The number of nitrogens with zero attached hydrogens (tertiary/aromatic N) is 2. The summed E-state index contributed by atoms with van der Waals surface area (Å²) < 4.78 is 10.7. The molecule has 1 saturated carbocycles. The number of amides is 1. The Morgan fingerprint density at radius 2 is 2.04 bits per heavy atom. The molecule has 2 aromatic heterocycles. The fourth-order valence-electron chi connectivity index (χ4n) is 2.89. The van der Waals surface area contributed by atoms with Crippen LogP contribution in [0.4, 0.5) is 0 Å². The minimum atomic E-state index is -0.355. The van der Waals surface area contributed by atoms with Gasteiger partial charge in [0.2, 0.25) is 17.6 Å². The van der Waals surface area contributed by atoms with Crippen molar-refractivity contribution in [1.82, 2.24) is 15.5 Å². The fourth-order valence-corrected chi connectivity index (χ4v) is 2.89. The first-order valence-corrected chi connectivity index (χ1v) is 8.51.